The lowest BCUT2D eigenvalue weighted by Crippen LogP contribution is -2.25. The SMILES string of the molecule is CSCCCCNS(=O)(=O)c1ccc(C#N)cc1N. The molecule has 0 bridgehead atoms. The van der Waals surface area contributed by atoms with Gasteiger partial charge in [0.1, 0.15) is 4.90 Å². The van der Waals surface area contributed by atoms with E-state index < -0.39 is 10.0 Å². The smallest absolute Gasteiger partial charge is 0.242 e. The van der Waals surface area contributed by atoms with E-state index in [4.69, 9.17) is 11.0 Å². The van der Waals surface area contributed by atoms with E-state index in [1.165, 1.54) is 18.2 Å². The van der Waals surface area contributed by atoms with Gasteiger partial charge in [-0.2, -0.15) is 17.0 Å². The monoisotopic (exact) mass is 299 g/mol. The number of rotatable bonds is 7. The first-order chi connectivity index (χ1) is 9.01. The average Bonchev–Trinajstić information content (AvgIpc) is 2.37. The molecule has 0 amide bonds. The Balaban J connectivity index is 2.70. The van der Waals surface area contributed by atoms with Crippen LogP contribution in [0.15, 0.2) is 23.1 Å². The number of hydrogen-bond acceptors (Lipinski definition) is 5. The van der Waals surface area contributed by atoms with E-state index in [-0.39, 0.29) is 10.6 Å². The molecule has 1 rings (SSSR count). The first-order valence-corrected chi connectivity index (χ1v) is 8.67. The second-order valence-corrected chi connectivity index (χ2v) is 6.68. The largest absolute Gasteiger partial charge is 0.398 e. The Kier molecular flexibility index (Phi) is 6.15. The van der Waals surface area contributed by atoms with Gasteiger partial charge in [0.25, 0.3) is 0 Å². The van der Waals surface area contributed by atoms with Gasteiger partial charge in [-0.1, -0.05) is 0 Å². The number of hydrogen-bond donors (Lipinski definition) is 2. The number of nitrogen functional groups attached to an aromatic ring is 1. The fourth-order valence-corrected chi connectivity index (χ4v) is 3.20. The molecule has 104 valence electrons. The predicted octanol–water partition coefficient (Wildman–Crippen LogP) is 1.56. The van der Waals surface area contributed by atoms with Crippen LogP contribution in [-0.4, -0.2) is 27.0 Å². The number of thioether (sulfide) groups is 1. The summed E-state index contributed by atoms with van der Waals surface area (Å²) < 4.78 is 26.5. The highest BCUT2D eigenvalue weighted by Gasteiger charge is 2.16. The van der Waals surface area contributed by atoms with Gasteiger partial charge < -0.3 is 5.73 Å². The topological polar surface area (TPSA) is 96.0 Å². The predicted molar refractivity (Wildman–Crippen MR) is 78.4 cm³/mol. The molecule has 1 aromatic carbocycles. The van der Waals surface area contributed by atoms with Crippen molar-refractivity contribution in [3.63, 3.8) is 0 Å². The van der Waals surface area contributed by atoms with Gasteiger partial charge in [-0.25, -0.2) is 13.1 Å². The van der Waals surface area contributed by atoms with E-state index in [1.807, 2.05) is 12.3 Å². The van der Waals surface area contributed by atoms with Crippen LogP contribution in [0.25, 0.3) is 0 Å². The maximum absolute atomic E-state index is 12.0. The van der Waals surface area contributed by atoms with Gasteiger partial charge in [0.05, 0.1) is 17.3 Å². The van der Waals surface area contributed by atoms with Crippen molar-refractivity contribution in [1.82, 2.24) is 4.72 Å². The van der Waals surface area contributed by atoms with Crippen molar-refractivity contribution in [2.75, 3.05) is 24.3 Å². The van der Waals surface area contributed by atoms with Crippen molar-refractivity contribution in [1.29, 1.82) is 5.26 Å². The molecular weight excluding hydrogens is 282 g/mol. The Morgan fingerprint density at radius 1 is 1.42 bits per heavy atom. The van der Waals surface area contributed by atoms with Crippen molar-refractivity contribution in [2.45, 2.75) is 17.7 Å². The molecule has 7 heteroatoms. The summed E-state index contributed by atoms with van der Waals surface area (Å²) in [4.78, 5) is 0.0244. The van der Waals surface area contributed by atoms with Crippen LogP contribution < -0.4 is 10.5 Å². The summed E-state index contributed by atoms with van der Waals surface area (Å²) in [7, 11) is -3.59. The summed E-state index contributed by atoms with van der Waals surface area (Å²) in [6, 6.07) is 6.08. The number of benzene rings is 1. The normalized spacial score (nSPS) is 11.2. The molecule has 0 aliphatic heterocycles. The van der Waals surface area contributed by atoms with Crippen LogP contribution in [0, 0.1) is 11.3 Å². The fourth-order valence-electron chi connectivity index (χ4n) is 1.52. The molecule has 0 heterocycles. The molecule has 0 saturated carbocycles. The van der Waals surface area contributed by atoms with Crippen molar-refractivity contribution >= 4 is 27.5 Å². The third-order valence-electron chi connectivity index (χ3n) is 2.50. The van der Waals surface area contributed by atoms with Gasteiger partial charge in [0.15, 0.2) is 0 Å². The zero-order valence-corrected chi connectivity index (χ0v) is 12.4. The summed E-state index contributed by atoms with van der Waals surface area (Å²) in [6.07, 6.45) is 3.77. The van der Waals surface area contributed by atoms with Crippen LogP contribution in [0.5, 0.6) is 0 Å². The van der Waals surface area contributed by atoms with Gasteiger partial charge in [0, 0.05) is 6.54 Å². The van der Waals surface area contributed by atoms with Crippen LogP contribution in [0.1, 0.15) is 18.4 Å². The second kappa shape index (κ2) is 7.38. The number of nitrogens with zero attached hydrogens (tertiary/aromatic N) is 1. The lowest BCUT2D eigenvalue weighted by molar-refractivity contribution is 0.579. The maximum Gasteiger partial charge on any atom is 0.242 e. The molecule has 19 heavy (non-hydrogen) atoms. The summed E-state index contributed by atoms with van der Waals surface area (Å²) >= 11 is 1.73. The molecule has 0 radical (unpaired) electrons. The van der Waals surface area contributed by atoms with Crippen LogP contribution >= 0.6 is 11.8 Å². The number of nitrogens with two attached hydrogens (primary N) is 1. The summed E-state index contributed by atoms with van der Waals surface area (Å²) in [5, 5.41) is 8.71. The minimum Gasteiger partial charge on any atom is -0.398 e. The molecule has 0 unspecified atom stereocenters. The molecule has 3 N–H and O–H groups in total. The quantitative estimate of drug-likeness (QED) is 0.588. The summed E-state index contributed by atoms with van der Waals surface area (Å²) in [5.41, 5.74) is 6.10. The number of unbranched alkanes of at least 4 members (excludes halogenated alkanes) is 1. The lowest BCUT2D eigenvalue weighted by Gasteiger charge is -2.09. The highest BCUT2D eigenvalue weighted by molar-refractivity contribution is 7.98. The van der Waals surface area contributed by atoms with Crippen LogP contribution in [0.3, 0.4) is 0 Å². The molecule has 0 aromatic heterocycles. The lowest BCUT2D eigenvalue weighted by atomic mass is 10.2. The van der Waals surface area contributed by atoms with Crippen LogP contribution in [0.2, 0.25) is 0 Å². The van der Waals surface area contributed by atoms with Gasteiger partial charge in [-0.15, -0.1) is 0 Å². The Morgan fingerprint density at radius 3 is 2.74 bits per heavy atom. The number of sulfonamides is 1. The molecule has 5 nitrogen and oxygen atoms in total. The fraction of sp³-hybridized carbons (Fsp3) is 0.417. The molecule has 1 aromatic rings. The van der Waals surface area contributed by atoms with Crippen molar-refractivity contribution < 1.29 is 8.42 Å². The first kappa shape index (κ1) is 15.8. The van der Waals surface area contributed by atoms with Crippen molar-refractivity contribution in [2.24, 2.45) is 0 Å². The van der Waals surface area contributed by atoms with Crippen LogP contribution in [0.4, 0.5) is 5.69 Å². The van der Waals surface area contributed by atoms with Crippen molar-refractivity contribution in [3.8, 4) is 6.07 Å². The molecule has 0 atom stereocenters. The molecule has 0 saturated heterocycles. The van der Waals surface area contributed by atoms with Crippen LogP contribution in [-0.2, 0) is 10.0 Å². The number of nitriles is 1. The van der Waals surface area contributed by atoms with E-state index in [1.54, 1.807) is 11.8 Å². The Labute approximate surface area is 118 Å². The third-order valence-corrected chi connectivity index (χ3v) is 4.73. The first-order valence-electron chi connectivity index (χ1n) is 5.79. The Hall–Kier alpha value is -1.23. The summed E-state index contributed by atoms with van der Waals surface area (Å²) in [5.74, 6) is 1.01. The second-order valence-electron chi connectivity index (χ2n) is 3.96. The minimum absolute atomic E-state index is 0.0244. The van der Waals surface area contributed by atoms with Gasteiger partial charge >= 0.3 is 0 Å². The number of anilines is 1. The molecular formula is C12H17N3O2S2. The Bertz CT molecular complexity index is 565. The molecule has 0 aliphatic carbocycles. The maximum atomic E-state index is 12.0. The van der Waals surface area contributed by atoms with Crippen molar-refractivity contribution in [3.05, 3.63) is 23.8 Å². The highest BCUT2D eigenvalue weighted by Crippen LogP contribution is 2.19. The average molecular weight is 299 g/mol. The molecule has 0 fully saturated rings. The standard InChI is InChI=1S/C12H17N3O2S2/c1-18-7-3-2-6-15-19(16,17)12-5-4-10(9-13)8-11(12)14/h4-5,8,15H,2-3,6-7,14H2,1H3. The molecule has 0 spiro atoms. The highest BCUT2D eigenvalue weighted by atomic mass is 32.2. The minimum atomic E-state index is -3.59. The zero-order valence-electron chi connectivity index (χ0n) is 10.7. The van der Waals surface area contributed by atoms with E-state index in [0.717, 1.165) is 18.6 Å². The Morgan fingerprint density at radius 2 is 2.16 bits per heavy atom. The molecule has 0 aliphatic rings. The summed E-state index contributed by atoms with van der Waals surface area (Å²) in [6.45, 7) is 0.391. The van der Waals surface area contributed by atoms with Gasteiger partial charge in [-0.05, 0) is 43.0 Å². The van der Waals surface area contributed by atoms with E-state index in [2.05, 4.69) is 4.72 Å². The van der Waals surface area contributed by atoms with Gasteiger partial charge in [-0.3, -0.25) is 0 Å². The van der Waals surface area contributed by atoms with E-state index in [9.17, 15) is 8.42 Å². The van der Waals surface area contributed by atoms with E-state index >= 15 is 0 Å². The zero-order chi connectivity index (χ0) is 14.3. The van der Waals surface area contributed by atoms with E-state index in [0.29, 0.717) is 12.1 Å². The van der Waals surface area contributed by atoms with Gasteiger partial charge in [0.2, 0.25) is 10.0 Å². The number of nitrogens with one attached hydrogen (secondary N) is 1. The third kappa shape index (κ3) is 4.74.